The van der Waals surface area contributed by atoms with E-state index in [2.05, 4.69) is 75.7 Å². The minimum Gasteiger partial charge on any atom is -0.351 e. The standard InChI is InChI=1S/C43H42Cl2N6O2/c1-26-10-9-19-51-38(28-14-16-29(44)17-15-28)31-24-30(45)25-33-35(31)36(39(51)34(26)27-11-6-5-7-12-27)37(47-33)41(52)48-32-13-8-18-46-40(32)49-20-22-50(23-21-49)42(53)43(2,3)4/h5-9,11-19,24-26,38,47H,10,20-23H2,1-4H3,(H,48,52). The highest BCUT2D eigenvalue weighted by molar-refractivity contribution is 6.32. The molecule has 3 aliphatic heterocycles. The molecule has 8 rings (SSSR count). The summed E-state index contributed by atoms with van der Waals surface area (Å²) in [5.74, 6) is 0.692. The van der Waals surface area contributed by atoms with Gasteiger partial charge in [0.15, 0.2) is 5.82 Å². The fraction of sp³-hybridized carbons (Fsp3) is 0.279. The molecule has 2 unspecified atom stereocenters. The van der Waals surface area contributed by atoms with Crippen LogP contribution in [0.25, 0.3) is 22.2 Å². The van der Waals surface area contributed by atoms with Gasteiger partial charge < -0.3 is 25.0 Å². The number of hydrogen-bond acceptors (Lipinski definition) is 5. The lowest BCUT2D eigenvalue weighted by molar-refractivity contribution is -0.139. The molecule has 5 heterocycles. The van der Waals surface area contributed by atoms with Gasteiger partial charge in [-0.3, -0.25) is 9.59 Å². The largest absolute Gasteiger partial charge is 0.351 e. The number of anilines is 2. The number of halogens is 2. The van der Waals surface area contributed by atoms with Crippen molar-refractivity contribution in [3.63, 3.8) is 0 Å². The van der Waals surface area contributed by atoms with Gasteiger partial charge in [0.25, 0.3) is 5.91 Å². The highest BCUT2D eigenvalue weighted by Crippen LogP contribution is 2.53. The van der Waals surface area contributed by atoms with Crippen LogP contribution in [0.3, 0.4) is 0 Å². The van der Waals surface area contributed by atoms with Crippen molar-refractivity contribution in [3.05, 3.63) is 135 Å². The molecule has 10 heteroatoms. The van der Waals surface area contributed by atoms with Gasteiger partial charge in [-0.15, -0.1) is 0 Å². The van der Waals surface area contributed by atoms with E-state index in [1.165, 1.54) is 0 Å². The molecule has 2 atom stereocenters. The van der Waals surface area contributed by atoms with Crippen LogP contribution in [0, 0.1) is 11.3 Å². The molecule has 1 fully saturated rings. The molecule has 0 bridgehead atoms. The molecule has 1 saturated heterocycles. The van der Waals surface area contributed by atoms with Gasteiger partial charge in [-0.1, -0.05) is 99.4 Å². The normalized spacial score (nSPS) is 18.6. The number of nitrogens with zero attached hydrogens (tertiary/aromatic N) is 4. The van der Waals surface area contributed by atoms with E-state index in [1.807, 2.05) is 68.1 Å². The Balaban J connectivity index is 1.27. The molecule has 2 N–H and O–H groups in total. The summed E-state index contributed by atoms with van der Waals surface area (Å²) in [7, 11) is 0. The number of fused-ring (bicyclic) bond motifs is 2. The average Bonchev–Trinajstić information content (AvgIpc) is 3.44. The first-order chi connectivity index (χ1) is 25.5. The van der Waals surface area contributed by atoms with Crippen molar-refractivity contribution in [2.75, 3.05) is 36.4 Å². The van der Waals surface area contributed by atoms with Gasteiger partial charge in [0.2, 0.25) is 5.91 Å². The van der Waals surface area contributed by atoms with E-state index in [0.29, 0.717) is 53.4 Å². The van der Waals surface area contributed by atoms with Gasteiger partial charge in [0.05, 0.1) is 17.4 Å². The molecular weight excluding hydrogens is 703 g/mol. The van der Waals surface area contributed by atoms with Gasteiger partial charge >= 0.3 is 0 Å². The molecule has 0 aliphatic carbocycles. The molecule has 2 amide bonds. The lowest BCUT2D eigenvalue weighted by Gasteiger charge is -2.39. The number of allylic oxidation sites excluding steroid dienone is 2. The number of amides is 2. The van der Waals surface area contributed by atoms with E-state index in [1.54, 1.807) is 6.20 Å². The van der Waals surface area contributed by atoms with Crippen LogP contribution in [0.4, 0.5) is 11.5 Å². The molecule has 0 spiro atoms. The zero-order valence-corrected chi connectivity index (χ0v) is 31.8. The predicted octanol–water partition coefficient (Wildman–Crippen LogP) is 9.64. The van der Waals surface area contributed by atoms with Crippen LogP contribution in [-0.4, -0.2) is 57.8 Å². The van der Waals surface area contributed by atoms with Crippen LogP contribution in [0.1, 0.15) is 72.9 Å². The van der Waals surface area contributed by atoms with E-state index < -0.39 is 5.41 Å². The van der Waals surface area contributed by atoms with E-state index >= 15 is 0 Å². The first-order valence-electron chi connectivity index (χ1n) is 18.2. The number of nitrogens with one attached hydrogen (secondary N) is 2. The fourth-order valence-corrected chi connectivity index (χ4v) is 8.43. The molecule has 5 aromatic rings. The average molecular weight is 746 g/mol. The predicted molar refractivity (Wildman–Crippen MR) is 215 cm³/mol. The van der Waals surface area contributed by atoms with Gasteiger partial charge in [-0.2, -0.15) is 0 Å². The van der Waals surface area contributed by atoms with Crippen molar-refractivity contribution in [2.24, 2.45) is 11.3 Å². The third-order valence-electron chi connectivity index (χ3n) is 10.5. The number of benzene rings is 3. The molecular formula is C43H42Cl2N6O2. The van der Waals surface area contributed by atoms with Crippen molar-refractivity contribution >= 4 is 68.7 Å². The summed E-state index contributed by atoms with van der Waals surface area (Å²) < 4.78 is 0. The monoisotopic (exact) mass is 744 g/mol. The molecule has 3 aliphatic rings. The van der Waals surface area contributed by atoms with Crippen molar-refractivity contribution < 1.29 is 9.59 Å². The van der Waals surface area contributed by atoms with E-state index in [0.717, 1.165) is 50.8 Å². The maximum Gasteiger partial charge on any atom is 0.272 e. The molecule has 8 nitrogen and oxygen atoms in total. The maximum absolute atomic E-state index is 14.8. The highest BCUT2D eigenvalue weighted by atomic mass is 35.5. The Kier molecular flexibility index (Phi) is 9.07. The van der Waals surface area contributed by atoms with Crippen LogP contribution in [0.15, 0.2) is 97.3 Å². The summed E-state index contributed by atoms with van der Waals surface area (Å²) in [6.07, 6.45) is 6.95. The SMILES string of the molecule is CC1CC=CN2C(=C1c1ccccc1)c1c(C(=O)Nc3cccnc3N3CCN(C(=O)C(C)(C)C)CC3)[nH]c3cc(Cl)cc(c13)C2c1ccc(Cl)cc1. The zero-order chi connectivity index (χ0) is 37.0. The molecule has 53 heavy (non-hydrogen) atoms. The zero-order valence-electron chi connectivity index (χ0n) is 30.3. The summed E-state index contributed by atoms with van der Waals surface area (Å²) in [6.45, 7) is 10.5. The smallest absolute Gasteiger partial charge is 0.272 e. The molecule has 3 aromatic carbocycles. The Morgan fingerprint density at radius 2 is 1.64 bits per heavy atom. The van der Waals surface area contributed by atoms with E-state index in [9.17, 15) is 9.59 Å². The summed E-state index contributed by atoms with van der Waals surface area (Å²) in [4.78, 5) is 42.4. The minimum absolute atomic E-state index is 0.137. The lowest BCUT2D eigenvalue weighted by Crippen LogP contribution is -2.52. The number of carbonyl (C=O) groups is 2. The van der Waals surface area contributed by atoms with Crippen molar-refractivity contribution in [2.45, 2.75) is 40.2 Å². The number of hydrogen-bond donors (Lipinski definition) is 2. The minimum atomic E-state index is -0.443. The second kappa shape index (κ2) is 13.7. The Bertz CT molecular complexity index is 2280. The van der Waals surface area contributed by atoms with Gasteiger partial charge in [0, 0.05) is 70.5 Å². The van der Waals surface area contributed by atoms with Crippen molar-refractivity contribution in [3.8, 4) is 0 Å². The molecule has 0 saturated carbocycles. The number of rotatable bonds is 5. The van der Waals surface area contributed by atoms with Gasteiger partial charge in [-0.05, 0) is 71.0 Å². The number of H-pyrrole nitrogens is 1. The van der Waals surface area contributed by atoms with Crippen LogP contribution in [0.2, 0.25) is 10.0 Å². The first-order valence-corrected chi connectivity index (χ1v) is 18.9. The summed E-state index contributed by atoms with van der Waals surface area (Å²) in [5.41, 5.74) is 7.55. The number of piperazine rings is 1. The van der Waals surface area contributed by atoms with E-state index in [-0.39, 0.29) is 23.8 Å². The molecule has 270 valence electrons. The van der Waals surface area contributed by atoms with Crippen LogP contribution < -0.4 is 10.2 Å². The van der Waals surface area contributed by atoms with E-state index in [4.69, 9.17) is 28.2 Å². The Labute approximate surface area is 320 Å². The van der Waals surface area contributed by atoms with Crippen LogP contribution in [-0.2, 0) is 4.79 Å². The molecule has 2 aromatic heterocycles. The maximum atomic E-state index is 14.8. The highest BCUT2D eigenvalue weighted by Gasteiger charge is 2.40. The quantitative estimate of drug-likeness (QED) is 0.187. The lowest BCUT2D eigenvalue weighted by atomic mass is 9.82. The summed E-state index contributed by atoms with van der Waals surface area (Å²) in [5, 5.41) is 5.45. The summed E-state index contributed by atoms with van der Waals surface area (Å²) >= 11 is 13.3. The summed E-state index contributed by atoms with van der Waals surface area (Å²) in [6, 6.07) is 25.8. The number of pyridine rings is 1. The topological polar surface area (TPSA) is 84.6 Å². The Hall–Kier alpha value is -5.05. The third-order valence-corrected chi connectivity index (χ3v) is 11.0. The van der Waals surface area contributed by atoms with Crippen molar-refractivity contribution in [1.29, 1.82) is 0 Å². The van der Waals surface area contributed by atoms with Crippen LogP contribution >= 0.6 is 23.2 Å². The van der Waals surface area contributed by atoms with Gasteiger partial charge in [-0.25, -0.2) is 4.98 Å². The Morgan fingerprint density at radius 3 is 2.36 bits per heavy atom. The molecule has 0 radical (unpaired) electrons. The Morgan fingerprint density at radius 1 is 0.906 bits per heavy atom. The second-order valence-electron chi connectivity index (χ2n) is 15.2. The fourth-order valence-electron chi connectivity index (χ4n) is 8.07. The number of aromatic nitrogens is 2. The van der Waals surface area contributed by atoms with Crippen LogP contribution in [0.5, 0.6) is 0 Å². The third kappa shape index (κ3) is 6.38. The number of carbonyl (C=O) groups excluding carboxylic acids is 2. The van der Waals surface area contributed by atoms with Crippen molar-refractivity contribution in [1.82, 2.24) is 19.8 Å². The second-order valence-corrected chi connectivity index (χ2v) is 16.0. The first kappa shape index (κ1) is 35.0. The van der Waals surface area contributed by atoms with Gasteiger partial charge in [0.1, 0.15) is 5.69 Å². The number of aromatic amines is 1.